The van der Waals surface area contributed by atoms with E-state index in [4.69, 9.17) is 38.1 Å². The standard InChI is InChI=1S/C12H11Cl2NO2/c13-8-4-9(14)6-10(5-8)17-12(7-15)11-2-1-3-16-11/h1-6,12H,7,15H2. The molecule has 0 saturated carbocycles. The number of hydrogen-bond acceptors (Lipinski definition) is 3. The smallest absolute Gasteiger partial charge is 0.168 e. The van der Waals surface area contributed by atoms with Crippen molar-refractivity contribution in [1.82, 2.24) is 0 Å². The zero-order valence-electron chi connectivity index (χ0n) is 8.90. The summed E-state index contributed by atoms with van der Waals surface area (Å²) in [5.74, 6) is 1.23. The van der Waals surface area contributed by atoms with Gasteiger partial charge in [-0.15, -0.1) is 0 Å². The van der Waals surface area contributed by atoms with Crippen molar-refractivity contribution in [3.05, 3.63) is 52.4 Å². The van der Waals surface area contributed by atoms with Crippen LogP contribution >= 0.6 is 23.2 Å². The molecule has 0 aliphatic heterocycles. The van der Waals surface area contributed by atoms with Gasteiger partial charge in [-0.1, -0.05) is 23.2 Å². The van der Waals surface area contributed by atoms with Gasteiger partial charge >= 0.3 is 0 Å². The maximum absolute atomic E-state index is 5.88. The SMILES string of the molecule is NCC(Oc1cc(Cl)cc(Cl)c1)c1ccco1. The summed E-state index contributed by atoms with van der Waals surface area (Å²) in [7, 11) is 0. The van der Waals surface area contributed by atoms with Crippen LogP contribution in [-0.4, -0.2) is 6.54 Å². The number of rotatable bonds is 4. The van der Waals surface area contributed by atoms with E-state index in [2.05, 4.69) is 0 Å². The molecule has 0 fully saturated rings. The minimum atomic E-state index is -0.348. The number of halogens is 2. The van der Waals surface area contributed by atoms with Gasteiger partial charge in [-0.2, -0.15) is 0 Å². The molecule has 0 saturated heterocycles. The second kappa shape index (κ2) is 5.45. The van der Waals surface area contributed by atoms with Crippen LogP contribution in [0, 0.1) is 0 Å². The van der Waals surface area contributed by atoms with Gasteiger partial charge in [0.1, 0.15) is 11.5 Å². The molecule has 3 nitrogen and oxygen atoms in total. The fourth-order valence-corrected chi connectivity index (χ4v) is 1.96. The Kier molecular flexibility index (Phi) is 3.94. The van der Waals surface area contributed by atoms with Crippen molar-refractivity contribution in [2.75, 3.05) is 6.54 Å². The van der Waals surface area contributed by atoms with Gasteiger partial charge in [0, 0.05) is 16.6 Å². The van der Waals surface area contributed by atoms with Gasteiger partial charge in [0.15, 0.2) is 6.10 Å². The molecule has 2 N–H and O–H groups in total. The van der Waals surface area contributed by atoms with Gasteiger partial charge in [-0.25, -0.2) is 0 Å². The van der Waals surface area contributed by atoms with E-state index in [1.54, 1.807) is 30.5 Å². The van der Waals surface area contributed by atoms with Crippen molar-refractivity contribution < 1.29 is 9.15 Å². The first kappa shape index (κ1) is 12.3. The molecule has 1 unspecified atom stereocenters. The van der Waals surface area contributed by atoms with Crippen molar-refractivity contribution in [3.63, 3.8) is 0 Å². The first-order valence-electron chi connectivity index (χ1n) is 5.05. The van der Waals surface area contributed by atoms with Crippen LogP contribution in [0.1, 0.15) is 11.9 Å². The summed E-state index contributed by atoms with van der Waals surface area (Å²) in [6.07, 6.45) is 1.23. The number of ether oxygens (including phenoxy) is 1. The molecular weight excluding hydrogens is 261 g/mol. The van der Waals surface area contributed by atoms with Gasteiger partial charge in [-0.05, 0) is 30.3 Å². The highest BCUT2D eigenvalue weighted by atomic mass is 35.5. The minimum Gasteiger partial charge on any atom is -0.481 e. The average molecular weight is 272 g/mol. The summed E-state index contributed by atoms with van der Waals surface area (Å²) < 4.78 is 10.9. The van der Waals surface area contributed by atoms with Gasteiger partial charge in [0.25, 0.3) is 0 Å². The Bertz CT molecular complexity index is 465. The molecule has 0 bridgehead atoms. The Labute approximate surface area is 109 Å². The summed E-state index contributed by atoms with van der Waals surface area (Å²) in [5.41, 5.74) is 5.64. The van der Waals surface area contributed by atoms with E-state index in [0.29, 0.717) is 28.1 Å². The molecule has 1 aromatic heterocycles. The Morgan fingerprint density at radius 3 is 2.47 bits per heavy atom. The van der Waals surface area contributed by atoms with Crippen molar-refractivity contribution in [1.29, 1.82) is 0 Å². The first-order valence-corrected chi connectivity index (χ1v) is 5.81. The molecule has 0 aliphatic rings. The third-order valence-corrected chi connectivity index (χ3v) is 2.63. The quantitative estimate of drug-likeness (QED) is 0.923. The van der Waals surface area contributed by atoms with E-state index in [1.165, 1.54) is 0 Å². The highest BCUT2D eigenvalue weighted by molar-refractivity contribution is 6.34. The first-order chi connectivity index (χ1) is 8.19. The molecule has 2 rings (SSSR count). The van der Waals surface area contributed by atoms with Crippen LogP contribution in [0.5, 0.6) is 5.75 Å². The molecule has 17 heavy (non-hydrogen) atoms. The maximum Gasteiger partial charge on any atom is 0.168 e. The number of hydrogen-bond donors (Lipinski definition) is 1. The largest absolute Gasteiger partial charge is 0.481 e. The Morgan fingerprint density at radius 2 is 1.94 bits per heavy atom. The summed E-state index contributed by atoms with van der Waals surface area (Å²) >= 11 is 11.8. The third-order valence-electron chi connectivity index (χ3n) is 2.19. The van der Waals surface area contributed by atoms with Gasteiger partial charge in [-0.3, -0.25) is 0 Å². The van der Waals surface area contributed by atoms with Crippen molar-refractivity contribution in [3.8, 4) is 5.75 Å². The van der Waals surface area contributed by atoms with Gasteiger partial charge in [0.05, 0.1) is 6.26 Å². The summed E-state index contributed by atoms with van der Waals surface area (Å²) in [6, 6.07) is 8.59. The van der Waals surface area contributed by atoms with E-state index >= 15 is 0 Å². The second-order valence-electron chi connectivity index (χ2n) is 3.46. The van der Waals surface area contributed by atoms with Crippen LogP contribution in [-0.2, 0) is 0 Å². The topological polar surface area (TPSA) is 48.4 Å². The molecule has 0 spiro atoms. The lowest BCUT2D eigenvalue weighted by Gasteiger charge is -2.15. The molecule has 1 aromatic carbocycles. The fourth-order valence-electron chi connectivity index (χ4n) is 1.46. The molecular formula is C12H11Cl2NO2. The minimum absolute atomic E-state index is 0.303. The Morgan fingerprint density at radius 1 is 1.24 bits per heavy atom. The number of benzene rings is 1. The van der Waals surface area contributed by atoms with E-state index < -0.39 is 0 Å². The lowest BCUT2D eigenvalue weighted by atomic mass is 10.2. The predicted molar refractivity (Wildman–Crippen MR) is 67.6 cm³/mol. The average Bonchev–Trinajstić information content (AvgIpc) is 2.77. The van der Waals surface area contributed by atoms with Gasteiger partial charge < -0.3 is 14.9 Å². The molecule has 5 heteroatoms. The predicted octanol–water partition coefficient (Wildman–Crippen LogP) is 3.67. The van der Waals surface area contributed by atoms with Crippen molar-refractivity contribution >= 4 is 23.2 Å². The Hall–Kier alpha value is -1.16. The van der Waals surface area contributed by atoms with Crippen LogP contribution in [0.3, 0.4) is 0 Å². The monoisotopic (exact) mass is 271 g/mol. The highest BCUT2D eigenvalue weighted by Crippen LogP contribution is 2.28. The van der Waals surface area contributed by atoms with Crippen LogP contribution in [0.2, 0.25) is 10.0 Å². The molecule has 1 heterocycles. The van der Waals surface area contributed by atoms with E-state index in [0.717, 1.165) is 0 Å². The van der Waals surface area contributed by atoms with Gasteiger partial charge in [0.2, 0.25) is 0 Å². The molecule has 0 radical (unpaired) electrons. The van der Waals surface area contributed by atoms with E-state index in [-0.39, 0.29) is 6.10 Å². The van der Waals surface area contributed by atoms with Crippen LogP contribution in [0.25, 0.3) is 0 Å². The normalized spacial score (nSPS) is 12.4. The molecule has 0 aliphatic carbocycles. The second-order valence-corrected chi connectivity index (χ2v) is 4.34. The lowest BCUT2D eigenvalue weighted by Crippen LogP contribution is -2.17. The molecule has 0 amide bonds. The summed E-state index contributed by atoms with van der Waals surface area (Å²) in [4.78, 5) is 0. The van der Waals surface area contributed by atoms with E-state index in [1.807, 2.05) is 6.07 Å². The summed E-state index contributed by atoms with van der Waals surface area (Å²) in [5, 5.41) is 1.03. The molecule has 1 atom stereocenters. The summed E-state index contributed by atoms with van der Waals surface area (Å²) in [6.45, 7) is 0.303. The number of furan rings is 1. The zero-order valence-corrected chi connectivity index (χ0v) is 10.4. The lowest BCUT2D eigenvalue weighted by molar-refractivity contribution is 0.184. The third kappa shape index (κ3) is 3.16. The fraction of sp³-hybridized carbons (Fsp3) is 0.167. The molecule has 2 aromatic rings. The maximum atomic E-state index is 5.88. The highest BCUT2D eigenvalue weighted by Gasteiger charge is 2.14. The number of nitrogens with two attached hydrogens (primary N) is 1. The Balaban J connectivity index is 2.18. The zero-order chi connectivity index (χ0) is 12.3. The molecule has 90 valence electrons. The van der Waals surface area contributed by atoms with E-state index in [9.17, 15) is 0 Å². The van der Waals surface area contributed by atoms with Crippen LogP contribution < -0.4 is 10.5 Å². The van der Waals surface area contributed by atoms with Crippen molar-refractivity contribution in [2.24, 2.45) is 5.73 Å². The van der Waals surface area contributed by atoms with Crippen LogP contribution in [0.4, 0.5) is 0 Å². The van der Waals surface area contributed by atoms with Crippen LogP contribution in [0.15, 0.2) is 41.0 Å². The van der Waals surface area contributed by atoms with Crippen molar-refractivity contribution in [2.45, 2.75) is 6.10 Å².